The van der Waals surface area contributed by atoms with Crippen LogP contribution in [0.1, 0.15) is 12.3 Å². The highest BCUT2D eigenvalue weighted by atomic mass is 19.1. The minimum absolute atomic E-state index is 0.152. The number of hydrogen-bond donors (Lipinski definition) is 2. The Morgan fingerprint density at radius 2 is 2.07 bits per heavy atom. The van der Waals surface area contributed by atoms with Gasteiger partial charge in [-0.1, -0.05) is 5.16 Å². The van der Waals surface area contributed by atoms with E-state index < -0.39 is 4.92 Å². The second kappa shape index (κ2) is 8.15. The van der Waals surface area contributed by atoms with Crippen molar-refractivity contribution in [2.45, 2.75) is 12.8 Å². The van der Waals surface area contributed by atoms with Gasteiger partial charge in [-0.3, -0.25) is 14.9 Å². The van der Waals surface area contributed by atoms with Crippen molar-refractivity contribution >= 4 is 23.0 Å². The molecule has 1 aliphatic heterocycles. The number of benzene rings is 2. The first kappa shape index (κ1) is 19.3. The average molecular weight is 413 g/mol. The zero-order valence-electron chi connectivity index (χ0n) is 15.6. The summed E-state index contributed by atoms with van der Waals surface area (Å²) in [6.07, 6.45) is 1.00. The van der Waals surface area contributed by atoms with Gasteiger partial charge in [0.25, 0.3) is 11.6 Å². The van der Waals surface area contributed by atoms with E-state index in [4.69, 9.17) is 9.26 Å². The highest BCUT2D eigenvalue weighted by molar-refractivity contribution is 5.96. The van der Waals surface area contributed by atoms with E-state index in [-0.39, 0.29) is 35.5 Å². The fourth-order valence-corrected chi connectivity index (χ4v) is 2.94. The smallest absolute Gasteiger partial charge is 0.296 e. The lowest BCUT2D eigenvalue weighted by Gasteiger charge is -2.19. The Morgan fingerprint density at radius 3 is 2.83 bits per heavy atom. The number of fused-ring (bicyclic) bond motifs is 1. The van der Waals surface area contributed by atoms with Crippen molar-refractivity contribution in [3.05, 3.63) is 58.2 Å². The molecule has 2 N–H and O–H groups in total. The van der Waals surface area contributed by atoms with Crippen LogP contribution in [0.15, 0.2) is 40.9 Å². The number of nitrogens with one attached hydrogen (secondary N) is 2. The number of anilines is 2. The quantitative estimate of drug-likeness (QED) is 0.343. The number of hydrogen-bond acceptors (Lipinski definition) is 8. The monoisotopic (exact) mass is 413 g/mol. The molecule has 0 atom stereocenters. The van der Waals surface area contributed by atoms with Gasteiger partial charge in [-0.15, -0.1) is 0 Å². The summed E-state index contributed by atoms with van der Waals surface area (Å²) >= 11 is 0. The van der Waals surface area contributed by atoms with Crippen LogP contribution in [0.2, 0.25) is 0 Å². The minimum Gasteiger partial charge on any atom is -0.481 e. The molecule has 0 spiro atoms. The third-order valence-corrected chi connectivity index (χ3v) is 4.38. The predicted octanol–water partition coefficient (Wildman–Crippen LogP) is 3.16. The van der Waals surface area contributed by atoms with Gasteiger partial charge in [0.15, 0.2) is 12.4 Å². The molecule has 0 saturated carbocycles. The number of aromatic nitrogens is 2. The first-order valence-electron chi connectivity index (χ1n) is 9.07. The van der Waals surface area contributed by atoms with Gasteiger partial charge in [-0.05, 0) is 36.8 Å². The van der Waals surface area contributed by atoms with Crippen LogP contribution in [0.3, 0.4) is 0 Å². The summed E-state index contributed by atoms with van der Waals surface area (Å²) in [7, 11) is 0. The largest absolute Gasteiger partial charge is 0.481 e. The van der Waals surface area contributed by atoms with Crippen LogP contribution in [0, 0.1) is 15.9 Å². The Kier molecular flexibility index (Phi) is 5.24. The topological polar surface area (TPSA) is 132 Å². The molecule has 4 rings (SSSR count). The number of halogens is 1. The molecular weight excluding hydrogens is 397 g/mol. The first-order valence-corrected chi connectivity index (χ1v) is 9.07. The van der Waals surface area contributed by atoms with Crippen LogP contribution >= 0.6 is 0 Å². The van der Waals surface area contributed by atoms with Crippen molar-refractivity contribution < 1.29 is 23.4 Å². The Labute approximate surface area is 169 Å². The molecular formula is C19H16FN5O5. The van der Waals surface area contributed by atoms with Crippen molar-refractivity contribution in [2.24, 2.45) is 0 Å². The lowest BCUT2D eigenvalue weighted by molar-refractivity contribution is -0.384. The second-order valence-electron chi connectivity index (χ2n) is 6.51. The Hall–Kier alpha value is -4.02. The van der Waals surface area contributed by atoms with Crippen molar-refractivity contribution in [1.29, 1.82) is 0 Å². The summed E-state index contributed by atoms with van der Waals surface area (Å²) < 4.78 is 23.4. The molecule has 0 radical (unpaired) electrons. The average Bonchev–Trinajstić information content (AvgIpc) is 3.20. The van der Waals surface area contributed by atoms with Crippen LogP contribution in [0.5, 0.6) is 5.75 Å². The first-order chi connectivity index (χ1) is 14.5. The van der Waals surface area contributed by atoms with E-state index >= 15 is 0 Å². The van der Waals surface area contributed by atoms with Crippen molar-refractivity contribution in [3.8, 4) is 17.1 Å². The maximum atomic E-state index is 13.0. The standard InChI is InChI=1S/C19H16FN5O5/c20-12-5-3-11(4-6-12)19-23-18(30-24-19)2-1-7-21-13-8-14-16(9-15(13)25(27)28)29-10-17(26)22-14/h3-6,8-9,21H,1-2,7,10H2,(H,22,26). The van der Waals surface area contributed by atoms with Gasteiger partial charge in [-0.2, -0.15) is 4.98 Å². The highest BCUT2D eigenvalue weighted by Crippen LogP contribution is 2.37. The number of nitro benzene ring substituents is 1. The summed E-state index contributed by atoms with van der Waals surface area (Å²) in [4.78, 5) is 26.6. The number of amides is 1. The third kappa shape index (κ3) is 4.19. The van der Waals surface area contributed by atoms with Gasteiger partial charge < -0.3 is 19.9 Å². The zero-order chi connectivity index (χ0) is 21.1. The molecule has 0 bridgehead atoms. The molecule has 154 valence electrons. The Morgan fingerprint density at radius 1 is 1.27 bits per heavy atom. The summed E-state index contributed by atoms with van der Waals surface area (Å²) in [5, 5.41) is 20.8. The molecule has 30 heavy (non-hydrogen) atoms. The van der Waals surface area contributed by atoms with Crippen LogP contribution in [-0.2, 0) is 11.2 Å². The number of carbonyl (C=O) groups is 1. The molecule has 3 aromatic rings. The van der Waals surface area contributed by atoms with Gasteiger partial charge in [0.05, 0.1) is 16.7 Å². The number of aryl methyl sites for hydroxylation is 1. The molecule has 1 aliphatic rings. The lowest BCUT2D eigenvalue weighted by atomic mass is 10.2. The maximum absolute atomic E-state index is 13.0. The third-order valence-electron chi connectivity index (χ3n) is 4.38. The molecule has 2 heterocycles. The van der Waals surface area contributed by atoms with Crippen molar-refractivity contribution in [3.63, 3.8) is 0 Å². The lowest BCUT2D eigenvalue weighted by Crippen LogP contribution is -2.25. The van der Waals surface area contributed by atoms with E-state index in [0.29, 0.717) is 42.4 Å². The zero-order valence-corrected chi connectivity index (χ0v) is 15.6. The van der Waals surface area contributed by atoms with Crippen molar-refractivity contribution in [1.82, 2.24) is 10.1 Å². The minimum atomic E-state index is -0.518. The number of carbonyl (C=O) groups excluding carboxylic acids is 1. The molecule has 0 unspecified atom stereocenters. The predicted molar refractivity (Wildman–Crippen MR) is 104 cm³/mol. The normalized spacial score (nSPS) is 12.6. The molecule has 1 aromatic heterocycles. The van der Waals surface area contributed by atoms with Crippen molar-refractivity contribution in [2.75, 3.05) is 23.8 Å². The van der Waals surface area contributed by atoms with Crippen LogP contribution in [0.25, 0.3) is 11.4 Å². The number of ether oxygens (including phenoxy) is 1. The maximum Gasteiger partial charge on any atom is 0.296 e. The molecule has 0 aliphatic carbocycles. The van der Waals surface area contributed by atoms with Crippen LogP contribution in [-0.4, -0.2) is 34.1 Å². The van der Waals surface area contributed by atoms with Gasteiger partial charge >= 0.3 is 0 Å². The summed E-state index contributed by atoms with van der Waals surface area (Å²) in [5.74, 6) is 0.341. The highest BCUT2D eigenvalue weighted by Gasteiger charge is 2.23. The van der Waals surface area contributed by atoms with E-state index in [1.165, 1.54) is 24.3 Å². The van der Waals surface area contributed by atoms with Gasteiger partial charge in [-0.25, -0.2) is 4.39 Å². The Balaban J connectivity index is 1.38. The van der Waals surface area contributed by atoms with E-state index in [2.05, 4.69) is 20.8 Å². The Bertz CT molecular complexity index is 1100. The van der Waals surface area contributed by atoms with Gasteiger partial charge in [0, 0.05) is 18.5 Å². The second-order valence-corrected chi connectivity index (χ2v) is 6.51. The number of nitro groups is 1. The van der Waals surface area contributed by atoms with Crippen LogP contribution < -0.4 is 15.4 Å². The van der Waals surface area contributed by atoms with Gasteiger partial charge in [0.2, 0.25) is 11.7 Å². The molecule has 11 heteroatoms. The SMILES string of the molecule is O=C1COc2cc([N+](=O)[O-])c(NCCCc3nc(-c4ccc(F)cc4)no3)cc2N1. The number of nitrogens with zero attached hydrogens (tertiary/aromatic N) is 3. The van der Waals surface area contributed by atoms with Gasteiger partial charge in [0.1, 0.15) is 11.5 Å². The molecule has 2 aromatic carbocycles. The van der Waals surface area contributed by atoms with E-state index in [0.717, 1.165) is 0 Å². The molecule has 10 nitrogen and oxygen atoms in total. The molecule has 0 saturated heterocycles. The summed E-state index contributed by atoms with van der Waals surface area (Å²) in [6, 6.07) is 8.50. The summed E-state index contributed by atoms with van der Waals surface area (Å²) in [6.45, 7) is 0.212. The van der Waals surface area contributed by atoms with Crippen LogP contribution in [0.4, 0.5) is 21.5 Å². The number of rotatable bonds is 7. The fraction of sp³-hybridized carbons (Fsp3) is 0.211. The van der Waals surface area contributed by atoms with E-state index in [9.17, 15) is 19.3 Å². The fourth-order valence-electron chi connectivity index (χ4n) is 2.94. The summed E-state index contributed by atoms with van der Waals surface area (Å²) in [5.41, 5.74) is 1.13. The molecule has 0 fully saturated rings. The van der Waals surface area contributed by atoms with E-state index in [1.54, 1.807) is 12.1 Å². The van der Waals surface area contributed by atoms with E-state index in [1.807, 2.05) is 0 Å². The molecule has 1 amide bonds.